The highest BCUT2D eigenvalue weighted by Crippen LogP contribution is 2.19. The number of hydrogen-bond donors (Lipinski definition) is 1. The van der Waals surface area contributed by atoms with Crippen LogP contribution in [-0.4, -0.2) is 64.1 Å². The smallest absolute Gasteiger partial charge is 0.239 e. The first-order valence-corrected chi connectivity index (χ1v) is 10.9. The zero-order valence-electron chi connectivity index (χ0n) is 18.6. The summed E-state index contributed by atoms with van der Waals surface area (Å²) in [4.78, 5) is 29.3. The van der Waals surface area contributed by atoms with E-state index >= 15 is 0 Å². The number of amides is 2. The maximum absolute atomic E-state index is 12.7. The number of carbonyl (C=O) groups is 2. The molecule has 0 saturated carbocycles. The van der Waals surface area contributed by atoms with Crippen molar-refractivity contribution in [3.8, 4) is 11.8 Å². The average Bonchev–Trinajstić information content (AvgIpc) is 3.24. The number of nitrogens with one attached hydrogen (secondary N) is 1. The van der Waals surface area contributed by atoms with Crippen molar-refractivity contribution in [2.75, 3.05) is 38.0 Å². The molecular formula is C25H26N6O2. The molecule has 8 heteroatoms. The second kappa shape index (κ2) is 10.1. The van der Waals surface area contributed by atoms with Gasteiger partial charge in [0.2, 0.25) is 11.8 Å². The average molecular weight is 443 g/mol. The molecule has 8 nitrogen and oxygen atoms in total. The van der Waals surface area contributed by atoms with Gasteiger partial charge in [0.25, 0.3) is 0 Å². The summed E-state index contributed by atoms with van der Waals surface area (Å²) in [6.07, 6.45) is 1.84. The molecule has 2 heterocycles. The van der Waals surface area contributed by atoms with E-state index in [0.717, 1.165) is 16.8 Å². The number of aromatic nitrogens is 2. The van der Waals surface area contributed by atoms with E-state index in [1.165, 1.54) is 6.20 Å². The van der Waals surface area contributed by atoms with E-state index in [1.54, 1.807) is 4.68 Å². The molecule has 2 amide bonds. The third-order valence-electron chi connectivity index (χ3n) is 5.84. The molecule has 1 aromatic heterocycles. The lowest BCUT2D eigenvalue weighted by atomic mass is 10.1. The zero-order chi connectivity index (χ0) is 23.2. The van der Waals surface area contributed by atoms with Crippen LogP contribution in [0.2, 0.25) is 0 Å². The molecule has 0 atom stereocenters. The Morgan fingerprint density at radius 3 is 2.42 bits per heavy atom. The van der Waals surface area contributed by atoms with Crippen molar-refractivity contribution in [3.63, 3.8) is 0 Å². The molecule has 0 bridgehead atoms. The molecule has 1 fully saturated rings. The monoisotopic (exact) mass is 442 g/mol. The molecule has 2 aromatic carbocycles. The van der Waals surface area contributed by atoms with Crippen LogP contribution in [0.25, 0.3) is 5.69 Å². The maximum atomic E-state index is 12.7. The molecule has 0 aliphatic carbocycles. The van der Waals surface area contributed by atoms with E-state index in [4.69, 9.17) is 0 Å². The Hall–Kier alpha value is -3.96. The number of para-hydroxylation sites is 1. The highest BCUT2D eigenvalue weighted by Gasteiger charge is 2.24. The summed E-state index contributed by atoms with van der Waals surface area (Å²) in [6, 6.07) is 19.4. The number of nitrogens with zero attached hydrogens (tertiary/aromatic N) is 5. The van der Waals surface area contributed by atoms with Gasteiger partial charge >= 0.3 is 0 Å². The van der Waals surface area contributed by atoms with E-state index < -0.39 is 0 Å². The fourth-order valence-corrected chi connectivity index (χ4v) is 3.93. The van der Waals surface area contributed by atoms with E-state index in [-0.39, 0.29) is 18.4 Å². The third-order valence-corrected chi connectivity index (χ3v) is 5.84. The minimum atomic E-state index is -0.219. The topological polar surface area (TPSA) is 94.3 Å². The molecule has 0 radical (unpaired) electrons. The van der Waals surface area contributed by atoms with Gasteiger partial charge in [-0.25, -0.2) is 4.68 Å². The van der Waals surface area contributed by atoms with Crippen LogP contribution < -0.4 is 5.32 Å². The van der Waals surface area contributed by atoms with Crippen LogP contribution in [-0.2, 0) is 16.0 Å². The first-order valence-electron chi connectivity index (χ1n) is 10.9. The molecule has 1 N–H and O–H groups in total. The number of hydrogen-bond acceptors (Lipinski definition) is 5. The Labute approximate surface area is 193 Å². The molecule has 33 heavy (non-hydrogen) atoms. The van der Waals surface area contributed by atoms with Gasteiger partial charge in [-0.1, -0.05) is 42.5 Å². The minimum absolute atomic E-state index is 0.110. The molecule has 3 aromatic rings. The normalized spacial score (nSPS) is 14.0. The number of nitriles is 1. The van der Waals surface area contributed by atoms with Gasteiger partial charge in [0.15, 0.2) is 5.82 Å². The molecule has 0 spiro atoms. The van der Waals surface area contributed by atoms with Crippen LogP contribution in [0.15, 0.2) is 60.8 Å². The van der Waals surface area contributed by atoms with Crippen molar-refractivity contribution >= 4 is 17.6 Å². The van der Waals surface area contributed by atoms with E-state index in [2.05, 4.69) is 16.5 Å². The van der Waals surface area contributed by atoms with Crippen molar-refractivity contribution in [3.05, 3.63) is 77.5 Å². The number of anilines is 1. The van der Waals surface area contributed by atoms with E-state index in [1.807, 2.05) is 71.3 Å². The first-order chi connectivity index (χ1) is 16.0. The summed E-state index contributed by atoms with van der Waals surface area (Å²) in [6.45, 7) is 4.62. The van der Waals surface area contributed by atoms with Crippen molar-refractivity contribution in [2.45, 2.75) is 13.3 Å². The molecule has 168 valence electrons. The van der Waals surface area contributed by atoms with E-state index in [9.17, 15) is 14.9 Å². The Morgan fingerprint density at radius 2 is 1.73 bits per heavy atom. The van der Waals surface area contributed by atoms with Crippen molar-refractivity contribution < 1.29 is 9.59 Å². The number of rotatable bonds is 6. The summed E-state index contributed by atoms with van der Waals surface area (Å²) < 4.78 is 1.55. The van der Waals surface area contributed by atoms with Gasteiger partial charge in [0.05, 0.1) is 24.8 Å². The third kappa shape index (κ3) is 5.27. The van der Waals surface area contributed by atoms with Crippen LogP contribution >= 0.6 is 0 Å². The number of benzene rings is 2. The van der Waals surface area contributed by atoms with Crippen LogP contribution in [0.4, 0.5) is 5.82 Å². The summed E-state index contributed by atoms with van der Waals surface area (Å²) >= 11 is 0. The van der Waals surface area contributed by atoms with Gasteiger partial charge in [-0.3, -0.25) is 14.5 Å². The number of aryl methyl sites for hydroxylation is 1. The highest BCUT2D eigenvalue weighted by molar-refractivity contribution is 5.93. The van der Waals surface area contributed by atoms with Gasteiger partial charge in [0, 0.05) is 26.2 Å². The van der Waals surface area contributed by atoms with Crippen molar-refractivity contribution in [2.24, 2.45) is 0 Å². The molecule has 1 aliphatic rings. The lowest BCUT2D eigenvalue weighted by Crippen LogP contribution is -2.50. The summed E-state index contributed by atoms with van der Waals surface area (Å²) in [5.41, 5.74) is 3.23. The fourth-order valence-electron chi connectivity index (χ4n) is 3.93. The predicted molar refractivity (Wildman–Crippen MR) is 125 cm³/mol. The fraction of sp³-hybridized carbons (Fsp3) is 0.280. The van der Waals surface area contributed by atoms with Gasteiger partial charge in [-0.05, 0) is 30.2 Å². The highest BCUT2D eigenvalue weighted by atomic mass is 16.2. The Kier molecular flexibility index (Phi) is 6.81. The lowest BCUT2D eigenvalue weighted by molar-refractivity contribution is -0.132. The maximum Gasteiger partial charge on any atom is 0.239 e. The Balaban J connectivity index is 1.32. The second-order valence-electron chi connectivity index (χ2n) is 8.07. The predicted octanol–water partition coefficient (Wildman–Crippen LogP) is 2.38. The molecule has 1 aliphatic heterocycles. The van der Waals surface area contributed by atoms with Crippen LogP contribution in [0.3, 0.4) is 0 Å². The second-order valence-corrected chi connectivity index (χ2v) is 8.07. The van der Waals surface area contributed by atoms with Gasteiger partial charge in [0.1, 0.15) is 11.6 Å². The summed E-state index contributed by atoms with van der Waals surface area (Å²) in [5, 5.41) is 16.5. The van der Waals surface area contributed by atoms with E-state index in [0.29, 0.717) is 44.0 Å². The molecule has 0 unspecified atom stereocenters. The zero-order valence-corrected chi connectivity index (χ0v) is 18.6. The van der Waals surface area contributed by atoms with Crippen LogP contribution in [0.1, 0.15) is 16.7 Å². The van der Waals surface area contributed by atoms with Crippen LogP contribution in [0.5, 0.6) is 0 Å². The van der Waals surface area contributed by atoms with Crippen molar-refractivity contribution in [1.29, 1.82) is 5.26 Å². The summed E-state index contributed by atoms with van der Waals surface area (Å²) in [5.74, 6) is 0.253. The molecular weight excluding hydrogens is 416 g/mol. The van der Waals surface area contributed by atoms with Gasteiger partial charge in [-0.15, -0.1) is 0 Å². The quantitative estimate of drug-likeness (QED) is 0.633. The first kappa shape index (κ1) is 22.2. The molecule has 4 rings (SSSR count). The lowest BCUT2D eigenvalue weighted by Gasteiger charge is -2.34. The Bertz CT molecular complexity index is 1170. The Morgan fingerprint density at radius 1 is 1.03 bits per heavy atom. The van der Waals surface area contributed by atoms with Crippen LogP contribution in [0, 0.1) is 18.3 Å². The standard InChI is InChI=1S/C25H26N6O2/c1-19-7-5-6-8-20(19)15-24(33)30-13-11-29(12-14-30)18-23(32)28-25-21(16-26)17-27-31(25)22-9-3-2-4-10-22/h2-10,17H,11-15,18H2,1H3,(H,28,32). The molecule has 1 saturated heterocycles. The van der Waals surface area contributed by atoms with Gasteiger partial charge < -0.3 is 10.2 Å². The minimum Gasteiger partial charge on any atom is -0.340 e. The summed E-state index contributed by atoms with van der Waals surface area (Å²) in [7, 11) is 0. The SMILES string of the molecule is Cc1ccccc1CC(=O)N1CCN(CC(=O)Nc2c(C#N)cnn2-c2ccccc2)CC1. The van der Waals surface area contributed by atoms with Gasteiger partial charge in [-0.2, -0.15) is 10.4 Å². The number of piperazine rings is 1. The number of carbonyl (C=O) groups excluding carboxylic acids is 2. The largest absolute Gasteiger partial charge is 0.340 e. The van der Waals surface area contributed by atoms with Crippen molar-refractivity contribution in [1.82, 2.24) is 19.6 Å².